The molecule has 5 heteroatoms. The van der Waals surface area contributed by atoms with Crippen molar-refractivity contribution in [3.05, 3.63) is 48.0 Å². The van der Waals surface area contributed by atoms with Gasteiger partial charge in [-0.15, -0.1) is 0 Å². The third kappa shape index (κ3) is 3.62. The lowest BCUT2D eigenvalue weighted by molar-refractivity contribution is 0.468. The second-order valence-electron chi connectivity index (χ2n) is 4.93. The second kappa shape index (κ2) is 6.28. The van der Waals surface area contributed by atoms with Gasteiger partial charge in [-0.2, -0.15) is 8.42 Å². The summed E-state index contributed by atoms with van der Waals surface area (Å²) in [6.07, 6.45) is 3.16. The fourth-order valence-corrected chi connectivity index (χ4v) is 2.97. The minimum absolute atomic E-state index is 0.127. The number of benzene rings is 2. The summed E-state index contributed by atoms with van der Waals surface area (Å²) in [5.74, 6) is -0.175. The number of phenols is 1. The summed E-state index contributed by atoms with van der Waals surface area (Å²) in [6.45, 7) is 2.12. The van der Waals surface area contributed by atoms with Crippen molar-refractivity contribution in [2.45, 2.75) is 31.1 Å². The van der Waals surface area contributed by atoms with Gasteiger partial charge >= 0.3 is 0 Å². The van der Waals surface area contributed by atoms with Crippen molar-refractivity contribution in [2.24, 2.45) is 0 Å². The Balaban J connectivity index is 2.47. The zero-order chi connectivity index (χ0) is 15.5. The normalized spacial score (nSPS) is 11.5. The molecule has 0 fully saturated rings. The van der Waals surface area contributed by atoms with Crippen molar-refractivity contribution in [3.63, 3.8) is 0 Å². The van der Waals surface area contributed by atoms with Crippen LogP contribution in [0.25, 0.3) is 11.1 Å². The van der Waals surface area contributed by atoms with E-state index in [1.807, 2.05) is 12.1 Å². The van der Waals surface area contributed by atoms with Gasteiger partial charge in [0.05, 0.1) is 0 Å². The van der Waals surface area contributed by atoms with Crippen molar-refractivity contribution in [1.29, 1.82) is 0 Å². The van der Waals surface area contributed by atoms with Crippen molar-refractivity contribution in [3.8, 4) is 16.9 Å². The highest BCUT2D eigenvalue weighted by Gasteiger charge is 2.19. The average Bonchev–Trinajstić information content (AvgIpc) is 2.44. The van der Waals surface area contributed by atoms with Crippen molar-refractivity contribution in [2.75, 3.05) is 0 Å². The maximum atomic E-state index is 11.4. The van der Waals surface area contributed by atoms with Crippen LogP contribution in [-0.2, 0) is 16.5 Å². The first kappa shape index (κ1) is 15.5. The van der Waals surface area contributed by atoms with Crippen molar-refractivity contribution < 1.29 is 18.1 Å². The Hall–Kier alpha value is -1.85. The van der Waals surface area contributed by atoms with E-state index in [0.717, 1.165) is 24.8 Å². The molecule has 21 heavy (non-hydrogen) atoms. The molecule has 2 N–H and O–H groups in total. The van der Waals surface area contributed by atoms with E-state index >= 15 is 0 Å². The molecule has 0 amide bonds. The van der Waals surface area contributed by atoms with Gasteiger partial charge in [-0.3, -0.25) is 4.55 Å². The van der Waals surface area contributed by atoms with Crippen LogP contribution in [0, 0.1) is 0 Å². The maximum Gasteiger partial charge on any atom is 0.295 e. The summed E-state index contributed by atoms with van der Waals surface area (Å²) in [5.41, 5.74) is 1.84. The van der Waals surface area contributed by atoms with Crippen LogP contribution >= 0.6 is 0 Å². The summed E-state index contributed by atoms with van der Waals surface area (Å²) in [4.78, 5) is -0.288. The van der Waals surface area contributed by atoms with E-state index in [0.29, 0.717) is 5.56 Å². The maximum absolute atomic E-state index is 11.4. The minimum Gasteiger partial charge on any atom is -0.507 e. The van der Waals surface area contributed by atoms with E-state index in [4.69, 9.17) is 0 Å². The zero-order valence-electron chi connectivity index (χ0n) is 11.8. The lowest BCUT2D eigenvalue weighted by Gasteiger charge is -2.10. The molecule has 0 unspecified atom stereocenters. The van der Waals surface area contributed by atoms with Gasteiger partial charge in [-0.1, -0.05) is 43.7 Å². The SMILES string of the molecule is CCCCc1ccc(-c2c(O)cccc2S(=O)(=O)O)cc1. The predicted octanol–water partition coefficient (Wildman–Crippen LogP) is 3.65. The molecule has 2 rings (SSSR count). The highest BCUT2D eigenvalue weighted by Crippen LogP contribution is 2.35. The standard InChI is InChI=1S/C16H18O4S/c1-2-3-5-12-8-10-13(11-9-12)16-14(17)6-4-7-15(16)21(18,19)20/h4,6-11,17H,2-3,5H2,1H3,(H,18,19,20). The molecule has 0 bridgehead atoms. The Morgan fingerprint density at radius 1 is 1.05 bits per heavy atom. The predicted molar refractivity (Wildman–Crippen MR) is 82.0 cm³/mol. The third-order valence-corrected chi connectivity index (χ3v) is 4.24. The largest absolute Gasteiger partial charge is 0.507 e. The number of unbranched alkanes of at least 4 members (excludes halogenated alkanes) is 1. The van der Waals surface area contributed by atoms with Gasteiger partial charge in [0.1, 0.15) is 10.6 Å². The molecule has 0 atom stereocenters. The second-order valence-corrected chi connectivity index (χ2v) is 6.32. The molecule has 0 aliphatic rings. The van der Waals surface area contributed by atoms with Gasteiger partial charge in [0.15, 0.2) is 0 Å². The summed E-state index contributed by atoms with van der Waals surface area (Å²) < 4.78 is 32.2. The molecular weight excluding hydrogens is 288 g/mol. The molecule has 2 aromatic carbocycles. The fourth-order valence-electron chi connectivity index (χ4n) is 2.24. The number of hydrogen-bond acceptors (Lipinski definition) is 3. The molecule has 0 spiro atoms. The third-order valence-electron chi connectivity index (χ3n) is 3.34. The summed E-state index contributed by atoms with van der Waals surface area (Å²) in [6, 6.07) is 11.4. The number of aryl methyl sites for hydroxylation is 1. The number of phenolic OH excluding ortho intramolecular Hbond substituents is 1. The van der Waals surface area contributed by atoms with E-state index in [9.17, 15) is 18.1 Å². The Morgan fingerprint density at radius 3 is 2.29 bits per heavy atom. The number of hydrogen-bond donors (Lipinski definition) is 2. The van der Waals surface area contributed by atoms with Gasteiger partial charge < -0.3 is 5.11 Å². The van der Waals surface area contributed by atoms with Crippen molar-refractivity contribution >= 4 is 10.1 Å². The van der Waals surface area contributed by atoms with E-state index in [1.165, 1.54) is 18.2 Å². The van der Waals surface area contributed by atoms with Crippen molar-refractivity contribution in [1.82, 2.24) is 0 Å². The topological polar surface area (TPSA) is 74.6 Å². The smallest absolute Gasteiger partial charge is 0.295 e. The van der Waals surface area contributed by atoms with E-state index in [1.54, 1.807) is 12.1 Å². The molecule has 0 saturated heterocycles. The first-order chi connectivity index (χ1) is 9.93. The van der Waals surface area contributed by atoms with E-state index in [-0.39, 0.29) is 16.2 Å². The van der Waals surface area contributed by atoms with Gasteiger partial charge in [0.2, 0.25) is 0 Å². The van der Waals surface area contributed by atoms with Crippen LogP contribution in [-0.4, -0.2) is 18.1 Å². The monoisotopic (exact) mass is 306 g/mol. The van der Waals surface area contributed by atoms with Crippen LogP contribution in [0.15, 0.2) is 47.4 Å². The molecular formula is C16H18O4S. The van der Waals surface area contributed by atoms with Crippen LogP contribution in [0.2, 0.25) is 0 Å². The number of aromatic hydroxyl groups is 1. The molecule has 4 nitrogen and oxygen atoms in total. The summed E-state index contributed by atoms with van der Waals surface area (Å²) in [7, 11) is -4.39. The Labute approximate surface area is 124 Å². The van der Waals surface area contributed by atoms with E-state index in [2.05, 4.69) is 6.92 Å². The van der Waals surface area contributed by atoms with Crippen LogP contribution in [0.1, 0.15) is 25.3 Å². The molecule has 0 heterocycles. The molecule has 2 aromatic rings. The van der Waals surface area contributed by atoms with Gasteiger partial charge in [0, 0.05) is 5.56 Å². The molecule has 0 aliphatic carbocycles. The first-order valence-corrected chi connectivity index (χ1v) is 8.26. The fraction of sp³-hybridized carbons (Fsp3) is 0.250. The quantitative estimate of drug-likeness (QED) is 0.827. The Morgan fingerprint density at radius 2 is 1.71 bits per heavy atom. The summed E-state index contributed by atoms with van der Waals surface area (Å²) >= 11 is 0. The lowest BCUT2D eigenvalue weighted by atomic mass is 10.0. The Bertz CT molecular complexity index is 718. The molecule has 0 aromatic heterocycles. The van der Waals surface area contributed by atoms with Gasteiger partial charge in [-0.05, 0) is 36.1 Å². The molecule has 112 valence electrons. The van der Waals surface area contributed by atoms with Gasteiger partial charge in [0.25, 0.3) is 10.1 Å². The van der Waals surface area contributed by atoms with Crippen LogP contribution in [0.5, 0.6) is 5.75 Å². The minimum atomic E-state index is -4.39. The lowest BCUT2D eigenvalue weighted by Crippen LogP contribution is -2.01. The summed E-state index contributed by atoms with van der Waals surface area (Å²) in [5, 5.41) is 9.94. The molecule has 0 radical (unpaired) electrons. The highest BCUT2D eigenvalue weighted by atomic mass is 32.2. The van der Waals surface area contributed by atoms with Crippen LogP contribution in [0.3, 0.4) is 0 Å². The first-order valence-electron chi connectivity index (χ1n) is 6.82. The molecule has 0 aliphatic heterocycles. The van der Waals surface area contributed by atoms with E-state index < -0.39 is 10.1 Å². The highest BCUT2D eigenvalue weighted by molar-refractivity contribution is 7.86. The number of rotatable bonds is 5. The average molecular weight is 306 g/mol. The Kier molecular flexibility index (Phi) is 4.65. The van der Waals surface area contributed by atoms with Crippen LogP contribution in [0.4, 0.5) is 0 Å². The van der Waals surface area contributed by atoms with Crippen LogP contribution < -0.4 is 0 Å². The zero-order valence-corrected chi connectivity index (χ0v) is 12.6. The van der Waals surface area contributed by atoms with Gasteiger partial charge in [-0.25, -0.2) is 0 Å². The molecule has 0 saturated carbocycles.